The van der Waals surface area contributed by atoms with Gasteiger partial charge in [-0.2, -0.15) is 8.42 Å². The molecular formula is C22H30N5NaO4S. The molecule has 3 aliphatic rings. The molecule has 0 bridgehead atoms. The predicted molar refractivity (Wildman–Crippen MR) is 128 cm³/mol. The molecule has 9 nitrogen and oxygen atoms in total. The Balaban J connectivity index is 0.00000259. The monoisotopic (exact) mass is 483 g/mol. The Morgan fingerprint density at radius 3 is 2.33 bits per heavy atom. The van der Waals surface area contributed by atoms with Crippen molar-refractivity contribution in [3.8, 4) is 0 Å². The zero-order valence-corrected chi connectivity index (χ0v) is 19.1. The molecule has 5 rings (SSSR count). The van der Waals surface area contributed by atoms with Crippen LogP contribution in [0.25, 0.3) is 0 Å². The Hall–Kier alpha value is -1.59. The first-order valence-electron chi connectivity index (χ1n) is 11.3. The molecule has 0 unspecified atom stereocenters. The average molecular weight is 484 g/mol. The predicted octanol–water partition coefficient (Wildman–Crippen LogP) is 1.80. The summed E-state index contributed by atoms with van der Waals surface area (Å²) in [6.45, 7) is 0.940. The Morgan fingerprint density at radius 1 is 1.12 bits per heavy atom. The van der Waals surface area contributed by atoms with Gasteiger partial charge in [-0.1, -0.05) is 6.07 Å². The van der Waals surface area contributed by atoms with E-state index in [9.17, 15) is 13.2 Å². The number of hydrogen-bond acceptors (Lipinski definition) is 5. The first kappa shape index (κ1) is 24.5. The van der Waals surface area contributed by atoms with Crippen LogP contribution in [0.3, 0.4) is 0 Å². The molecule has 1 aromatic carbocycles. The van der Waals surface area contributed by atoms with Crippen molar-refractivity contribution in [2.24, 2.45) is 7.05 Å². The van der Waals surface area contributed by atoms with Gasteiger partial charge < -0.3 is 14.6 Å². The second kappa shape index (κ2) is 9.95. The van der Waals surface area contributed by atoms with Crippen LogP contribution < -0.4 is 14.3 Å². The van der Waals surface area contributed by atoms with E-state index in [0.29, 0.717) is 31.9 Å². The van der Waals surface area contributed by atoms with Gasteiger partial charge in [0.1, 0.15) is 0 Å². The molecule has 2 heterocycles. The normalized spacial score (nSPS) is 17.7. The van der Waals surface area contributed by atoms with Crippen LogP contribution >= 0.6 is 0 Å². The van der Waals surface area contributed by atoms with E-state index in [1.54, 1.807) is 24.1 Å². The number of hydrogen-bond donors (Lipinski definition) is 2. The van der Waals surface area contributed by atoms with E-state index in [1.165, 1.54) is 15.4 Å². The van der Waals surface area contributed by atoms with Gasteiger partial charge in [0, 0.05) is 32.1 Å². The number of fused-ring (bicyclic) bond motifs is 2. The maximum atomic E-state index is 13.4. The molecule has 0 saturated carbocycles. The molecule has 33 heavy (non-hydrogen) atoms. The minimum absolute atomic E-state index is 0. The number of nitrogens with one attached hydrogen (secondary N) is 2. The SMILES string of the molecule is Cn1cnc(N(C2CCOCC2)S(=O)(=O)NC(=O)Nc2c3c(cc4c2CCC4)CCC3)c1.[NaH]. The number of ether oxygens (including phenoxy) is 1. The number of aromatic nitrogens is 2. The van der Waals surface area contributed by atoms with Crippen LogP contribution in [0.2, 0.25) is 0 Å². The molecule has 2 N–H and O–H groups in total. The number of urea groups is 1. The van der Waals surface area contributed by atoms with Crippen molar-refractivity contribution in [2.45, 2.75) is 57.4 Å². The van der Waals surface area contributed by atoms with Crippen molar-refractivity contribution >= 4 is 57.3 Å². The van der Waals surface area contributed by atoms with Gasteiger partial charge in [-0.15, -0.1) is 0 Å². The van der Waals surface area contributed by atoms with Gasteiger partial charge in [-0.05, 0) is 73.6 Å². The number of rotatable bonds is 5. The molecule has 2 aliphatic carbocycles. The number of carbonyl (C=O) groups excluding carboxylic acids is 1. The molecule has 0 spiro atoms. The summed E-state index contributed by atoms with van der Waals surface area (Å²) >= 11 is 0. The van der Waals surface area contributed by atoms with Crippen LogP contribution in [-0.4, -0.2) is 72.8 Å². The van der Waals surface area contributed by atoms with Gasteiger partial charge >= 0.3 is 45.8 Å². The first-order chi connectivity index (χ1) is 15.4. The van der Waals surface area contributed by atoms with Crippen LogP contribution in [0.15, 0.2) is 18.6 Å². The molecule has 2 amide bonds. The Labute approximate surface area is 216 Å². The quantitative estimate of drug-likeness (QED) is 0.631. The van der Waals surface area contributed by atoms with E-state index in [-0.39, 0.29) is 35.6 Å². The Bertz CT molecular complexity index is 1110. The molecule has 11 heteroatoms. The summed E-state index contributed by atoms with van der Waals surface area (Å²) in [6, 6.07) is 1.22. The number of anilines is 2. The van der Waals surface area contributed by atoms with E-state index < -0.39 is 16.2 Å². The molecule has 174 valence electrons. The molecule has 1 aromatic heterocycles. The van der Waals surface area contributed by atoms with Gasteiger partial charge in [0.25, 0.3) is 0 Å². The van der Waals surface area contributed by atoms with Crippen LogP contribution in [0.1, 0.15) is 47.9 Å². The summed E-state index contributed by atoms with van der Waals surface area (Å²) in [4.78, 5) is 17.2. The molecule has 1 fully saturated rings. The Kier molecular flexibility index (Phi) is 7.40. The van der Waals surface area contributed by atoms with E-state index in [4.69, 9.17) is 4.74 Å². The number of amides is 2. The van der Waals surface area contributed by atoms with E-state index in [0.717, 1.165) is 55.3 Å². The molecule has 1 aliphatic heterocycles. The van der Waals surface area contributed by atoms with Gasteiger partial charge in [-0.3, -0.25) is 0 Å². The summed E-state index contributed by atoms with van der Waals surface area (Å²) in [5.74, 6) is 0.293. The summed E-state index contributed by atoms with van der Waals surface area (Å²) in [6.07, 6.45) is 10.2. The van der Waals surface area contributed by atoms with Crippen molar-refractivity contribution < 1.29 is 17.9 Å². The molecule has 0 radical (unpaired) electrons. The van der Waals surface area contributed by atoms with Crippen molar-refractivity contribution in [1.29, 1.82) is 0 Å². The van der Waals surface area contributed by atoms with Gasteiger partial charge in [0.2, 0.25) is 0 Å². The molecule has 1 saturated heterocycles. The van der Waals surface area contributed by atoms with Crippen LogP contribution in [-0.2, 0) is 47.7 Å². The topological polar surface area (TPSA) is 106 Å². The fourth-order valence-corrected chi connectivity index (χ4v) is 6.54. The zero-order chi connectivity index (χ0) is 22.3. The Morgan fingerprint density at radius 2 is 1.76 bits per heavy atom. The van der Waals surface area contributed by atoms with Crippen molar-refractivity contribution in [3.05, 3.63) is 40.8 Å². The molecule has 0 atom stereocenters. The van der Waals surface area contributed by atoms with Crippen molar-refractivity contribution in [2.75, 3.05) is 22.8 Å². The second-order valence-corrected chi connectivity index (χ2v) is 10.4. The van der Waals surface area contributed by atoms with Crippen molar-refractivity contribution in [1.82, 2.24) is 14.3 Å². The van der Waals surface area contributed by atoms with Gasteiger partial charge in [-0.25, -0.2) is 18.8 Å². The summed E-state index contributed by atoms with van der Waals surface area (Å²) < 4.78 is 37.3. The summed E-state index contributed by atoms with van der Waals surface area (Å²) in [5, 5.41) is 2.91. The van der Waals surface area contributed by atoms with Crippen LogP contribution in [0, 0.1) is 0 Å². The van der Waals surface area contributed by atoms with E-state index in [1.807, 2.05) is 0 Å². The van der Waals surface area contributed by atoms with Gasteiger partial charge in [0.05, 0.1) is 12.4 Å². The number of benzene rings is 1. The van der Waals surface area contributed by atoms with Crippen LogP contribution in [0.5, 0.6) is 0 Å². The third kappa shape index (κ3) is 4.95. The molecule has 2 aromatic rings. The first-order valence-corrected chi connectivity index (χ1v) is 12.7. The summed E-state index contributed by atoms with van der Waals surface area (Å²) in [7, 11) is -2.39. The maximum absolute atomic E-state index is 13.4. The van der Waals surface area contributed by atoms with Gasteiger partial charge in [0.15, 0.2) is 5.82 Å². The van der Waals surface area contributed by atoms with E-state index >= 15 is 0 Å². The minimum atomic E-state index is -4.17. The standard InChI is InChI=1S/C22H29N5O4S.Na.H/c1-26-13-20(23-14-26)27(17-8-10-31-11-9-17)32(29,30)25-22(28)24-21-18-6-2-4-15(18)12-16-5-3-7-19(16)21;;/h12-14,17H,2-11H2,1H3,(H2,24,25,28);;. The second-order valence-electron chi connectivity index (χ2n) is 8.83. The number of imidazole rings is 1. The zero-order valence-electron chi connectivity index (χ0n) is 18.3. The van der Waals surface area contributed by atoms with Crippen molar-refractivity contribution in [3.63, 3.8) is 0 Å². The summed E-state index contributed by atoms with van der Waals surface area (Å²) in [5.41, 5.74) is 5.69. The fraction of sp³-hybridized carbons (Fsp3) is 0.545. The molecular weight excluding hydrogens is 453 g/mol. The third-order valence-electron chi connectivity index (χ3n) is 6.63. The van der Waals surface area contributed by atoms with Crippen LogP contribution in [0.4, 0.5) is 16.3 Å². The average Bonchev–Trinajstić information content (AvgIpc) is 3.49. The number of aryl methyl sites for hydroxylation is 3. The van der Waals surface area contributed by atoms with E-state index in [2.05, 4.69) is 21.1 Å². The number of carbonyl (C=O) groups is 1. The fourth-order valence-electron chi connectivity index (χ4n) is 5.21. The third-order valence-corrected chi connectivity index (χ3v) is 8.08. The number of nitrogens with zero attached hydrogens (tertiary/aromatic N) is 3.